The van der Waals surface area contributed by atoms with Crippen LogP contribution in [-0.2, 0) is 4.79 Å². The van der Waals surface area contributed by atoms with Crippen LogP contribution in [0.25, 0.3) is 0 Å². The van der Waals surface area contributed by atoms with Gasteiger partial charge in [0, 0.05) is 13.1 Å². The van der Waals surface area contributed by atoms with Crippen LogP contribution in [0.15, 0.2) is 12.7 Å². The van der Waals surface area contributed by atoms with E-state index in [0.29, 0.717) is 19.0 Å². The standard InChI is InChI=1S/C13H22N2O3/c1-2-3-8-14-13(18)15-9-10-4-6-11(7-5-10)12(16)17/h2,10-11H,1,3-9H2,(H,16,17)(H2,14,15,18). The quantitative estimate of drug-likeness (QED) is 0.499. The smallest absolute Gasteiger partial charge is 0.314 e. The summed E-state index contributed by atoms with van der Waals surface area (Å²) in [6.07, 6.45) is 5.72. The fraction of sp³-hybridized carbons (Fsp3) is 0.692. The fourth-order valence-electron chi connectivity index (χ4n) is 2.20. The minimum Gasteiger partial charge on any atom is -0.481 e. The number of hydrogen-bond donors (Lipinski definition) is 3. The van der Waals surface area contributed by atoms with Crippen molar-refractivity contribution in [3.8, 4) is 0 Å². The minimum atomic E-state index is -0.691. The van der Waals surface area contributed by atoms with E-state index in [1.54, 1.807) is 6.08 Å². The molecule has 0 aromatic heterocycles. The van der Waals surface area contributed by atoms with Gasteiger partial charge in [0.1, 0.15) is 0 Å². The van der Waals surface area contributed by atoms with Crippen LogP contribution in [0.5, 0.6) is 0 Å². The Morgan fingerprint density at radius 2 is 1.89 bits per heavy atom. The van der Waals surface area contributed by atoms with Crippen molar-refractivity contribution >= 4 is 12.0 Å². The van der Waals surface area contributed by atoms with E-state index in [4.69, 9.17) is 5.11 Å². The summed E-state index contributed by atoms with van der Waals surface area (Å²) in [6, 6.07) is -0.155. The van der Waals surface area contributed by atoms with Crippen LogP contribution in [0.1, 0.15) is 32.1 Å². The first-order chi connectivity index (χ1) is 8.63. The Balaban J connectivity index is 2.12. The monoisotopic (exact) mass is 254 g/mol. The zero-order valence-corrected chi connectivity index (χ0v) is 10.7. The van der Waals surface area contributed by atoms with Gasteiger partial charge in [-0.05, 0) is 38.0 Å². The van der Waals surface area contributed by atoms with Gasteiger partial charge in [-0.2, -0.15) is 0 Å². The normalized spacial score (nSPS) is 23.1. The number of carbonyl (C=O) groups is 2. The maximum atomic E-state index is 11.4. The third-order valence-corrected chi connectivity index (χ3v) is 3.38. The number of carboxylic acid groups (broad SMARTS) is 1. The summed E-state index contributed by atoms with van der Waals surface area (Å²) < 4.78 is 0. The summed E-state index contributed by atoms with van der Waals surface area (Å²) in [6.45, 7) is 4.81. The maximum Gasteiger partial charge on any atom is 0.314 e. The van der Waals surface area contributed by atoms with Crippen molar-refractivity contribution in [3.63, 3.8) is 0 Å². The predicted molar refractivity (Wildman–Crippen MR) is 69.3 cm³/mol. The van der Waals surface area contributed by atoms with E-state index in [1.165, 1.54) is 0 Å². The molecule has 3 N–H and O–H groups in total. The number of rotatable bonds is 6. The molecule has 0 atom stereocenters. The largest absolute Gasteiger partial charge is 0.481 e. The molecule has 0 spiro atoms. The molecule has 0 saturated heterocycles. The number of aliphatic carboxylic acids is 1. The van der Waals surface area contributed by atoms with E-state index in [0.717, 1.165) is 32.1 Å². The molecule has 0 aromatic rings. The van der Waals surface area contributed by atoms with Gasteiger partial charge < -0.3 is 15.7 Å². The third-order valence-electron chi connectivity index (χ3n) is 3.38. The first kappa shape index (κ1) is 14.5. The number of urea groups is 1. The molecule has 0 heterocycles. The van der Waals surface area contributed by atoms with Gasteiger partial charge in [0.05, 0.1) is 5.92 Å². The second-order valence-corrected chi connectivity index (χ2v) is 4.77. The van der Waals surface area contributed by atoms with Crippen molar-refractivity contribution in [1.29, 1.82) is 0 Å². The fourth-order valence-corrected chi connectivity index (χ4v) is 2.20. The number of carboxylic acids is 1. The highest BCUT2D eigenvalue weighted by atomic mass is 16.4. The third kappa shape index (κ3) is 5.21. The zero-order valence-electron chi connectivity index (χ0n) is 10.7. The van der Waals surface area contributed by atoms with Crippen molar-refractivity contribution in [3.05, 3.63) is 12.7 Å². The first-order valence-electron chi connectivity index (χ1n) is 6.49. The van der Waals surface area contributed by atoms with Crippen LogP contribution in [0.2, 0.25) is 0 Å². The van der Waals surface area contributed by atoms with E-state index < -0.39 is 5.97 Å². The van der Waals surface area contributed by atoms with Gasteiger partial charge in [-0.25, -0.2) is 4.79 Å². The zero-order chi connectivity index (χ0) is 13.4. The van der Waals surface area contributed by atoms with Crippen LogP contribution >= 0.6 is 0 Å². The van der Waals surface area contributed by atoms with Gasteiger partial charge in [0.15, 0.2) is 0 Å². The predicted octanol–water partition coefficient (Wildman–Crippen LogP) is 1.75. The topological polar surface area (TPSA) is 78.4 Å². The van der Waals surface area contributed by atoms with Crippen LogP contribution in [-0.4, -0.2) is 30.2 Å². The molecule has 1 aliphatic carbocycles. The SMILES string of the molecule is C=CCCNC(=O)NCC1CCC(C(=O)O)CC1. The lowest BCUT2D eigenvalue weighted by molar-refractivity contribution is -0.143. The van der Waals surface area contributed by atoms with Crippen molar-refractivity contribution < 1.29 is 14.7 Å². The second kappa shape index (κ2) is 7.74. The van der Waals surface area contributed by atoms with Crippen molar-refractivity contribution in [1.82, 2.24) is 10.6 Å². The molecule has 1 saturated carbocycles. The summed E-state index contributed by atoms with van der Waals surface area (Å²) in [4.78, 5) is 22.2. The molecular formula is C13H22N2O3. The Morgan fingerprint density at radius 1 is 1.22 bits per heavy atom. The van der Waals surface area contributed by atoms with E-state index in [2.05, 4.69) is 17.2 Å². The van der Waals surface area contributed by atoms with Crippen LogP contribution < -0.4 is 10.6 Å². The van der Waals surface area contributed by atoms with Gasteiger partial charge in [0.25, 0.3) is 0 Å². The highest BCUT2D eigenvalue weighted by molar-refractivity contribution is 5.73. The molecule has 0 aliphatic heterocycles. The minimum absolute atomic E-state index is 0.155. The highest BCUT2D eigenvalue weighted by Crippen LogP contribution is 2.28. The molecule has 1 rings (SSSR count). The van der Waals surface area contributed by atoms with E-state index in [-0.39, 0.29) is 11.9 Å². The van der Waals surface area contributed by atoms with Gasteiger partial charge in [-0.15, -0.1) is 6.58 Å². The number of nitrogens with one attached hydrogen (secondary N) is 2. The molecule has 1 fully saturated rings. The lowest BCUT2D eigenvalue weighted by atomic mass is 9.82. The summed E-state index contributed by atoms with van der Waals surface area (Å²) >= 11 is 0. The van der Waals surface area contributed by atoms with Gasteiger partial charge in [-0.3, -0.25) is 4.79 Å². The Kier molecular flexibility index (Phi) is 6.25. The summed E-state index contributed by atoms with van der Waals surface area (Å²) in [5.41, 5.74) is 0. The Labute approximate surface area is 108 Å². The van der Waals surface area contributed by atoms with Crippen molar-refractivity contribution in [2.24, 2.45) is 11.8 Å². The number of hydrogen-bond acceptors (Lipinski definition) is 2. The maximum absolute atomic E-state index is 11.4. The number of carbonyl (C=O) groups excluding carboxylic acids is 1. The average Bonchev–Trinajstić information content (AvgIpc) is 2.37. The van der Waals surface area contributed by atoms with E-state index >= 15 is 0 Å². The lowest BCUT2D eigenvalue weighted by Gasteiger charge is -2.26. The molecule has 5 heteroatoms. The second-order valence-electron chi connectivity index (χ2n) is 4.77. The summed E-state index contributed by atoms with van der Waals surface area (Å²) in [7, 11) is 0. The van der Waals surface area contributed by atoms with Gasteiger partial charge in [-0.1, -0.05) is 6.08 Å². The summed E-state index contributed by atoms with van der Waals surface area (Å²) in [5.74, 6) is -0.475. The number of amides is 2. The van der Waals surface area contributed by atoms with E-state index in [1.807, 2.05) is 0 Å². The lowest BCUT2D eigenvalue weighted by Crippen LogP contribution is -2.39. The van der Waals surface area contributed by atoms with Gasteiger partial charge in [0.2, 0.25) is 0 Å². The first-order valence-corrected chi connectivity index (χ1v) is 6.49. The molecule has 0 bridgehead atoms. The highest BCUT2D eigenvalue weighted by Gasteiger charge is 2.25. The molecule has 0 aromatic carbocycles. The molecule has 2 amide bonds. The Hall–Kier alpha value is -1.52. The van der Waals surface area contributed by atoms with Gasteiger partial charge >= 0.3 is 12.0 Å². The Bertz CT molecular complexity index is 297. The molecule has 5 nitrogen and oxygen atoms in total. The average molecular weight is 254 g/mol. The molecule has 0 unspecified atom stereocenters. The van der Waals surface area contributed by atoms with Crippen LogP contribution in [0.4, 0.5) is 4.79 Å². The van der Waals surface area contributed by atoms with Crippen molar-refractivity contribution in [2.75, 3.05) is 13.1 Å². The van der Waals surface area contributed by atoms with Crippen LogP contribution in [0, 0.1) is 11.8 Å². The molecular weight excluding hydrogens is 232 g/mol. The molecule has 1 aliphatic rings. The Morgan fingerprint density at radius 3 is 2.44 bits per heavy atom. The van der Waals surface area contributed by atoms with Crippen molar-refractivity contribution in [2.45, 2.75) is 32.1 Å². The molecule has 0 radical (unpaired) electrons. The molecule has 102 valence electrons. The van der Waals surface area contributed by atoms with E-state index in [9.17, 15) is 9.59 Å². The van der Waals surface area contributed by atoms with Crippen LogP contribution in [0.3, 0.4) is 0 Å². The summed E-state index contributed by atoms with van der Waals surface area (Å²) in [5, 5.41) is 14.4. The molecule has 18 heavy (non-hydrogen) atoms.